The van der Waals surface area contributed by atoms with Gasteiger partial charge >= 0.3 is 6.18 Å². The third-order valence-corrected chi connectivity index (χ3v) is 3.35. The minimum absolute atomic E-state index is 0.0465. The Hall–Kier alpha value is -0.810. The molecule has 1 aromatic rings. The fourth-order valence-electron chi connectivity index (χ4n) is 1.94. The molecule has 2 atom stereocenters. The summed E-state index contributed by atoms with van der Waals surface area (Å²) in [6.07, 6.45) is -2.73. The van der Waals surface area contributed by atoms with Gasteiger partial charge in [-0.15, -0.1) is 0 Å². The van der Waals surface area contributed by atoms with Crippen molar-refractivity contribution in [2.24, 2.45) is 0 Å². The van der Waals surface area contributed by atoms with E-state index in [0.29, 0.717) is 5.69 Å². The highest BCUT2D eigenvalue weighted by molar-refractivity contribution is 6.31. The molecule has 1 aromatic heterocycles. The summed E-state index contributed by atoms with van der Waals surface area (Å²) in [6.45, 7) is 3.89. The lowest BCUT2D eigenvalue weighted by atomic mass is 9.95. The van der Waals surface area contributed by atoms with Crippen LogP contribution in [0.2, 0.25) is 5.02 Å². The monoisotopic (exact) mass is 280 g/mol. The Balaban J connectivity index is 3.06. The Morgan fingerprint density at radius 2 is 2.06 bits per heavy atom. The second kappa shape index (κ2) is 5.89. The summed E-state index contributed by atoms with van der Waals surface area (Å²) in [5, 5.41) is 3.16. The van der Waals surface area contributed by atoms with Gasteiger partial charge in [-0.1, -0.05) is 25.4 Å². The Morgan fingerprint density at radius 3 is 2.44 bits per heavy atom. The van der Waals surface area contributed by atoms with Crippen molar-refractivity contribution >= 4 is 11.6 Å². The highest BCUT2D eigenvalue weighted by Crippen LogP contribution is 2.33. The standard InChI is InChI=1S/C12H16ClF3N2/c1-4-10(17-3)7(2)11-9(13)5-8(6-18-11)12(14,15)16/h5-7,10,17H,4H2,1-3H3. The first kappa shape index (κ1) is 15.2. The maximum atomic E-state index is 12.5. The molecule has 0 aliphatic carbocycles. The fraction of sp³-hybridized carbons (Fsp3) is 0.583. The highest BCUT2D eigenvalue weighted by atomic mass is 35.5. The SMILES string of the molecule is CCC(NC)C(C)c1ncc(C(F)(F)F)cc1Cl. The maximum absolute atomic E-state index is 12.5. The lowest BCUT2D eigenvalue weighted by Gasteiger charge is -2.22. The van der Waals surface area contributed by atoms with Gasteiger partial charge in [-0.25, -0.2) is 0 Å². The first-order valence-corrected chi connectivity index (χ1v) is 6.09. The number of aromatic nitrogens is 1. The number of nitrogens with zero attached hydrogens (tertiary/aromatic N) is 1. The molecule has 1 rings (SSSR count). The summed E-state index contributed by atoms with van der Waals surface area (Å²) >= 11 is 5.90. The van der Waals surface area contributed by atoms with E-state index < -0.39 is 11.7 Å². The van der Waals surface area contributed by atoms with Gasteiger partial charge in [-0.05, 0) is 19.5 Å². The van der Waals surface area contributed by atoms with Crippen LogP contribution in [-0.4, -0.2) is 18.1 Å². The van der Waals surface area contributed by atoms with Crippen molar-refractivity contribution in [1.29, 1.82) is 0 Å². The largest absolute Gasteiger partial charge is 0.417 e. The number of hydrogen-bond donors (Lipinski definition) is 1. The predicted molar refractivity (Wildman–Crippen MR) is 65.8 cm³/mol. The number of hydrogen-bond acceptors (Lipinski definition) is 2. The Bertz CT molecular complexity index is 403. The molecule has 0 aliphatic heterocycles. The molecular formula is C12H16ClF3N2. The zero-order valence-corrected chi connectivity index (χ0v) is 11.2. The van der Waals surface area contributed by atoms with Crippen LogP contribution in [0, 0.1) is 0 Å². The molecule has 0 fully saturated rings. The van der Waals surface area contributed by atoms with Gasteiger partial charge in [0.05, 0.1) is 16.3 Å². The van der Waals surface area contributed by atoms with Crippen molar-refractivity contribution in [2.45, 2.75) is 38.4 Å². The van der Waals surface area contributed by atoms with Gasteiger partial charge in [0.15, 0.2) is 0 Å². The fourth-order valence-corrected chi connectivity index (χ4v) is 2.28. The average molecular weight is 281 g/mol. The third kappa shape index (κ3) is 3.36. The van der Waals surface area contributed by atoms with Gasteiger partial charge in [-0.3, -0.25) is 4.98 Å². The van der Waals surface area contributed by atoms with Crippen LogP contribution in [0.4, 0.5) is 13.2 Å². The van der Waals surface area contributed by atoms with Crippen molar-refractivity contribution in [3.05, 3.63) is 28.5 Å². The average Bonchev–Trinajstić information content (AvgIpc) is 2.29. The molecule has 0 aliphatic rings. The van der Waals surface area contributed by atoms with E-state index in [0.717, 1.165) is 18.7 Å². The summed E-state index contributed by atoms with van der Waals surface area (Å²) in [4.78, 5) is 3.87. The van der Waals surface area contributed by atoms with E-state index in [9.17, 15) is 13.2 Å². The maximum Gasteiger partial charge on any atom is 0.417 e. The van der Waals surface area contributed by atoms with Crippen LogP contribution in [0.1, 0.15) is 37.4 Å². The zero-order valence-electron chi connectivity index (χ0n) is 10.5. The molecule has 0 spiro atoms. The summed E-state index contributed by atoms with van der Waals surface area (Å²) in [5.74, 6) is -0.0465. The number of rotatable bonds is 4. The topological polar surface area (TPSA) is 24.9 Å². The number of nitrogens with one attached hydrogen (secondary N) is 1. The van der Waals surface area contributed by atoms with E-state index in [-0.39, 0.29) is 17.0 Å². The van der Waals surface area contributed by atoms with Crippen LogP contribution in [0.25, 0.3) is 0 Å². The molecular weight excluding hydrogens is 265 g/mol. The second-order valence-electron chi connectivity index (χ2n) is 4.18. The Labute approximate surface area is 110 Å². The molecule has 102 valence electrons. The van der Waals surface area contributed by atoms with Crippen LogP contribution in [0.5, 0.6) is 0 Å². The highest BCUT2D eigenvalue weighted by Gasteiger charge is 2.32. The van der Waals surface area contributed by atoms with E-state index in [1.54, 1.807) is 0 Å². The first-order valence-electron chi connectivity index (χ1n) is 5.71. The summed E-state index contributed by atoms with van der Waals surface area (Å²) in [5.41, 5.74) is -0.327. The zero-order chi connectivity index (χ0) is 13.9. The van der Waals surface area contributed by atoms with Crippen molar-refractivity contribution in [3.63, 3.8) is 0 Å². The van der Waals surface area contributed by atoms with E-state index in [2.05, 4.69) is 10.3 Å². The Morgan fingerprint density at radius 1 is 1.44 bits per heavy atom. The Kier molecular flexibility index (Phi) is 4.99. The third-order valence-electron chi connectivity index (χ3n) is 3.04. The molecule has 0 saturated heterocycles. The molecule has 18 heavy (non-hydrogen) atoms. The van der Waals surface area contributed by atoms with Gasteiger partial charge in [0, 0.05) is 18.2 Å². The van der Waals surface area contributed by atoms with E-state index in [4.69, 9.17) is 11.6 Å². The van der Waals surface area contributed by atoms with Crippen LogP contribution in [0.3, 0.4) is 0 Å². The molecule has 1 heterocycles. The minimum atomic E-state index is -4.41. The van der Waals surface area contributed by atoms with Crippen LogP contribution < -0.4 is 5.32 Å². The summed E-state index contributed by atoms with van der Waals surface area (Å²) < 4.78 is 37.4. The van der Waals surface area contributed by atoms with Crippen LogP contribution in [-0.2, 0) is 6.18 Å². The molecule has 2 unspecified atom stereocenters. The molecule has 1 N–H and O–H groups in total. The molecule has 0 saturated carbocycles. The number of likely N-dealkylation sites (N-methyl/N-ethyl adjacent to an activating group) is 1. The quantitative estimate of drug-likeness (QED) is 0.906. The smallest absolute Gasteiger partial charge is 0.316 e. The molecule has 0 bridgehead atoms. The molecule has 2 nitrogen and oxygen atoms in total. The van der Waals surface area contributed by atoms with Crippen LogP contribution in [0.15, 0.2) is 12.3 Å². The molecule has 0 radical (unpaired) electrons. The lowest BCUT2D eigenvalue weighted by Crippen LogP contribution is -2.30. The van der Waals surface area contributed by atoms with Crippen molar-refractivity contribution in [2.75, 3.05) is 7.05 Å². The van der Waals surface area contributed by atoms with Crippen LogP contribution >= 0.6 is 11.6 Å². The van der Waals surface area contributed by atoms with Gasteiger partial charge < -0.3 is 5.32 Å². The predicted octanol–water partition coefficient (Wildman–Crippen LogP) is 3.86. The van der Waals surface area contributed by atoms with E-state index in [1.807, 2.05) is 20.9 Å². The van der Waals surface area contributed by atoms with E-state index >= 15 is 0 Å². The van der Waals surface area contributed by atoms with Gasteiger partial charge in [0.1, 0.15) is 0 Å². The second-order valence-corrected chi connectivity index (χ2v) is 4.59. The number of pyridine rings is 1. The first-order chi connectivity index (χ1) is 8.31. The van der Waals surface area contributed by atoms with Crippen molar-refractivity contribution < 1.29 is 13.2 Å². The van der Waals surface area contributed by atoms with Gasteiger partial charge in [-0.2, -0.15) is 13.2 Å². The summed E-state index contributed by atoms with van der Waals surface area (Å²) in [7, 11) is 1.81. The van der Waals surface area contributed by atoms with Crippen molar-refractivity contribution in [3.8, 4) is 0 Å². The molecule has 0 amide bonds. The van der Waals surface area contributed by atoms with Gasteiger partial charge in [0.2, 0.25) is 0 Å². The van der Waals surface area contributed by atoms with Crippen molar-refractivity contribution in [1.82, 2.24) is 10.3 Å². The summed E-state index contributed by atoms with van der Waals surface area (Å²) in [6, 6.07) is 1.06. The number of halogens is 4. The minimum Gasteiger partial charge on any atom is -0.316 e. The molecule has 0 aromatic carbocycles. The lowest BCUT2D eigenvalue weighted by molar-refractivity contribution is -0.137. The molecule has 6 heteroatoms. The van der Waals surface area contributed by atoms with E-state index in [1.165, 1.54) is 0 Å². The van der Waals surface area contributed by atoms with Gasteiger partial charge in [0.25, 0.3) is 0 Å². The number of alkyl halides is 3. The normalized spacial score (nSPS) is 15.5.